The van der Waals surface area contributed by atoms with E-state index in [9.17, 15) is 8.42 Å². The van der Waals surface area contributed by atoms with Crippen LogP contribution in [0.3, 0.4) is 0 Å². The minimum absolute atomic E-state index is 0.245. The molecular weight excluding hydrogens is 476 g/mol. The Morgan fingerprint density at radius 1 is 0.811 bits per heavy atom. The van der Waals surface area contributed by atoms with Gasteiger partial charge in [0.05, 0.1) is 23.4 Å². The van der Waals surface area contributed by atoms with E-state index in [-0.39, 0.29) is 4.90 Å². The van der Waals surface area contributed by atoms with Gasteiger partial charge in [0.2, 0.25) is 0 Å². The Bertz CT molecular complexity index is 1210. The molecule has 3 nitrogen and oxygen atoms in total. The summed E-state index contributed by atoms with van der Waals surface area (Å²) in [5.74, 6) is 0. The van der Waals surface area contributed by atoms with Crippen LogP contribution in [0.2, 0.25) is 0 Å². The van der Waals surface area contributed by atoms with Crippen molar-refractivity contribution in [3.63, 3.8) is 0 Å². The summed E-state index contributed by atoms with van der Waals surface area (Å²) in [4.78, 5) is 0.245. The zero-order chi connectivity index (χ0) is 28.0. The zero-order valence-corrected chi connectivity index (χ0v) is 23.9. The van der Waals surface area contributed by atoms with Gasteiger partial charge in [0.15, 0.2) is 9.84 Å². The van der Waals surface area contributed by atoms with Crippen LogP contribution in [0.4, 0.5) is 0 Å². The summed E-state index contributed by atoms with van der Waals surface area (Å²) in [5.41, 5.74) is 5.41. The van der Waals surface area contributed by atoms with Crippen LogP contribution in [0, 0.1) is 0 Å². The summed E-state index contributed by atoms with van der Waals surface area (Å²) in [7, 11) is -3.74. The second-order valence-corrected chi connectivity index (χ2v) is 12.0. The van der Waals surface area contributed by atoms with Gasteiger partial charge < -0.3 is 4.74 Å². The van der Waals surface area contributed by atoms with Crippen molar-refractivity contribution in [1.29, 1.82) is 0 Å². The molecule has 200 valence electrons. The van der Waals surface area contributed by atoms with E-state index in [0.29, 0.717) is 18.8 Å². The monoisotopic (exact) mass is 521 g/mol. The summed E-state index contributed by atoms with van der Waals surface area (Å²) in [6, 6.07) is 18.4. The number of ether oxygens (including phenoxy) is 1. The lowest BCUT2D eigenvalue weighted by molar-refractivity contribution is 0.148. The molecule has 2 rings (SSSR count). The lowest BCUT2D eigenvalue weighted by Crippen LogP contribution is -2.20. The highest BCUT2D eigenvalue weighted by molar-refractivity contribution is 7.92. The molecule has 0 bridgehead atoms. The van der Waals surface area contributed by atoms with Crippen LogP contribution in [0.15, 0.2) is 112 Å². The molecule has 4 heteroatoms. The van der Waals surface area contributed by atoms with Gasteiger partial charge in [0.1, 0.15) is 0 Å². The number of benzene rings is 2. The fourth-order valence-electron chi connectivity index (χ4n) is 3.86. The first-order valence-corrected chi connectivity index (χ1v) is 14.6. The Kier molecular flexibility index (Phi) is 12.7. The number of hydrogen-bond donors (Lipinski definition) is 0. The van der Waals surface area contributed by atoms with Gasteiger partial charge in [-0.25, -0.2) is 8.42 Å². The standard InChI is InChI=1S/C33H44O3S/c1-27(2)14-12-15-28(3)16-13-17-29(4)24-33(37(34,35)32-20-10-7-11-21-32)25-30(5)22-23-36-26-31-18-8-6-9-19-31/h6-11,14,16,18-22,24,33H,12-13,15,17,23,25-26H2,1-5H3/b28-16+,29-24+,30-22+/i25D. The topological polar surface area (TPSA) is 43.4 Å². The van der Waals surface area contributed by atoms with Gasteiger partial charge in [-0.05, 0) is 84.4 Å². The van der Waals surface area contributed by atoms with Crippen LogP contribution in [0.25, 0.3) is 0 Å². The minimum atomic E-state index is -3.74. The van der Waals surface area contributed by atoms with Crippen molar-refractivity contribution < 1.29 is 14.5 Å². The van der Waals surface area contributed by atoms with Crippen LogP contribution in [-0.2, 0) is 21.2 Å². The van der Waals surface area contributed by atoms with Crippen molar-refractivity contribution in [1.82, 2.24) is 0 Å². The van der Waals surface area contributed by atoms with Crippen molar-refractivity contribution in [2.75, 3.05) is 6.61 Å². The first-order valence-electron chi connectivity index (χ1n) is 13.6. The van der Waals surface area contributed by atoms with Gasteiger partial charge in [-0.15, -0.1) is 0 Å². The van der Waals surface area contributed by atoms with Crippen LogP contribution in [0.1, 0.15) is 73.6 Å². The van der Waals surface area contributed by atoms with Gasteiger partial charge in [-0.2, -0.15) is 0 Å². The predicted octanol–water partition coefficient (Wildman–Crippen LogP) is 8.80. The highest BCUT2D eigenvalue weighted by Crippen LogP contribution is 2.24. The van der Waals surface area contributed by atoms with Gasteiger partial charge in [0, 0.05) is 1.37 Å². The average Bonchev–Trinajstić information content (AvgIpc) is 2.90. The summed E-state index contributed by atoms with van der Waals surface area (Å²) in [5, 5.41) is -0.974. The molecule has 37 heavy (non-hydrogen) atoms. The van der Waals surface area contributed by atoms with Crippen molar-refractivity contribution >= 4 is 9.84 Å². The maximum Gasteiger partial charge on any atom is 0.185 e. The van der Waals surface area contributed by atoms with Crippen LogP contribution >= 0.6 is 0 Å². The lowest BCUT2D eigenvalue weighted by atomic mass is 10.0. The molecule has 0 aliphatic heterocycles. The molecule has 2 unspecified atom stereocenters. The Morgan fingerprint density at radius 2 is 1.41 bits per heavy atom. The maximum absolute atomic E-state index is 13.6. The first-order chi connectivity index (χ1) is 18.1. The SMILES string of the molecule is [2H]C(/C(C)=C/COCc1ccccc1)C(/C=C(\C)CC/C=C(\C)CCC=C(C)C)S(=O)(=O)c1ccccc1. The first kappa shape index (κ1) is 28.9. The van der Waals surface area contributed by atoms with E-state index in [4.69, 9.17) is 6.11 Å². The highest BCUT2D eigenvalue weighted by Gasteiger charge is 2.26. The van der Waals surface area contributed by atoms with E-state index in [1.165, 1.54) is 11.1 Å². The highest BCUT2D eigenvalue weighted by atomic mass is 32.2. The van der Waals surface area contributed by atoms with E-state index < -0.39 is 21.5 Å². The number of allylic oxidation sites excluding steroid dienone is 6. The fourth-order valence-corrected chi connectivity index (χ4v) is 5.52. The molecule has 0 aliphatic rings. The zero-order valence-electron chi connectivity index (χ0n) is 24.1. The fraction of sp³-hybridized carbons (Fsp3) is 0.394. The number of hydrogen-bond acceptors (Lipinski definition) is 3. The lowest BCUT2D eigenvalue weighted by Gasteiger charge is -2.16. The van der Waals surface area contributed by atoms with Gasteiger partial charge in [0.25, 0.3) is 0 Å². The van der Waals surface area contributed by atoms with Crippen LogP contribution in [0.5, 0.6) is 0 Å². The molecule has 0 saturated heterocycles. The number of rotatable bonds is 15. The molecule has 0 aliphatic carbocycles. The molecule has 0 amide bonds. The summed E-state index contributed by atoms with van der Waals surface area (Å²) < 4.78 is 42.0. The normalized spacial score (nSPS) is 15.2. The molecule has 0 spiro atoms. The Hall–Kier alpha value is -2.69. The number of sulfone groups is 1. The third-order valence-electron chi connectivity index (χ3n) is 6.06. The van der Waals surface area contributed by atoms with Gasteiger partial charge in [-0.3, -0.25) is 0 Å². The van der Waals surface area contributed by atoms with Crippen molar-refractivity contribution in [2.24, 2.45) is 0 Å². The molecule has 0 N–H and O–H groups in total. The second kappa shape index (κ2) is 16.2. The second-order valence-electron chi connectivity index (χ2n) is 9.86. The van der Waals surface area contributed by atoms with Crippen molar-refractivity contribution in [3.8, 4) is 0 Å². The predicted molar refractivity (Wildman–Crippen MR) is 157 cm³/mol. The van der Waals surface area contributed by atoms with Crippen molar-refractivity contribution in [3.05, 3.63) is 113 Å². The quantitative estimate of drug-likeness (QED) is 0.174. The Labute approximate surface area is 227 Å². The molecule has 0 fully saturated rings. The summed E-state index contributed by atoms with van der Waals surface area (Å²) in [6.07, 6.45) is 10.9. The average molecular weight is 522 g/mol. The van der Waals surface area contributed by atoms with Gasteiger partial charge >= 0.3 is 0 Å². The van der Waals surface area contributed by atoms with Crippen LogP contribution < -0.4 is 0 Å². The smallest absolute Gasteiger partial charge is 0.185 e. The van der Waals surface area contributed by atoms with E-state index in [1.807, 2.05) is 50.3 Å². The molecule has 2 aromatic carbocycles. The minimum Gasteiger partial charge on any atom is -0.373 e. The molecule has 0 radical (unpaired) electrons. The van der Waals surface area contributed by atoms with E-state index in [2.05, 4.69) is 32.9 Å². The van der Waals surface area contributed by atoms with Gasteiger partial charge in [-0.1, -0.05) is 95.1 Å². The summed E-state index contributed by atoms with van der Waals surface area (Å²) in [6.45, 7) is 11.0. The van der Waals surface area contributed by atoms with E-state index in [0.717, 1.165) is 36.8 Å². The molecule has 2 atom stereocenters. The summed E-state index contributed by atoms with van der Waals surface area (Å²) >= 11 is 0. The Balaban J connectivity index is 2.15. The third kappa shape index (κ3) is 11.9. The molecule has 0 heterocycles. The van der Waals surface area contributed by atoms with Crippen LogP contribution in [-0.4, -0.2) is 20.3 Å². The van der Waals surface area contributed by atoms with Crippen molar-refractivity contribution in [2.45, 2.75) is 83.5 Å². The molecule has 0 aromatic heterocycles. The van der Waals surface area contributed by atoms with E-state index in [1.54, 1.807) is 36.4 Å². The third-order valence-corrected chi connectivity index (χ3v) is 7.98. The largest absolute Gasteiger partial charge is 0.373 e. The van der Waals surface area contributed by atoms with E-state index >= 15 is 0 Å². The molecular formula is C33H44O3S. The maximum atomic E-state index is 13.6. The Morgan fingerprint density at radius 3 is 2.05 bits per heavy atom. The molecule has 2 aromatic rings. The molecule has 0 saturated carbocycles.